The van der Waals surface area contributed by atoms with Crippen LogP contribution in [0.15, 0.2) is 42.5 Å². The Kier molecular flexibility index (Phi) is 5.60. The summed E-state index contributed by atoms with van der Waals surface area (Å²) in [5.41, 5.74) is 11.8. The highest BCUT2D eigenvalue weighted by molar-refractivity contribution is 5.93. The zero-order valence-corrected chi connectivity index (χ0v) is 15.8. The Bertz CT molecular complexity index is 974. The third kappa shape index (κ3) is 4.37. The number of aryl methyl sites for hydroxylation is 2. The topological polar surface area (TPSA) is 88.0 Å². The summed E-state index contributed by atoms with van der Waals surface area (Å²) in [5, 5.41) is 4.12. The van der Waals surface area contributed by atoms with Crippen LogP contribution >= 0.6 is 0 Å². The number of nitrogens with two attached hydrogens (primary N) is 1. The Morgan fingerprint density at radius 1 is 1.07 bits per heavy atom. The van der Waals surface area contributed by atoms with Crippen LogP contribution in [0.25, 0.3) is 22.2 Å². The first-order valence-corrected chi connectivity index (χ1v) is 9.18. The molecular weight excluding hydrogens is 338 g/mol. The van der Waals surface area contributed by atoms with Gasteiger partial charge in [-0.1, -0.05) is 42.0 Å². The number of aromatic amines is 1. The molecule has 0 fully saturated rings. The molecule has 0 aliphatic heterocycles. The molecule has 0 radical (unpaired) electrons. The largest absolute Gasteiger partial charge is 0.370 e. The van der Waals surface area contributed by atoms with E-state index in [1.807, 2.05) is 18.2 Å². The molecule has 0 bridgehead atoms. The maximum Gasteiger partial charge on any atom is 0.220 e. The highest BCUT2D eigenvalue weighted by Gasteiger charge is 2.13. The van der Waals surface area contributed by atoms with E-state index in [9.17, 15) is 9.59 Å². The number of fused-ring (bicyclic) bond motifs is 1. The third-order valence-corrected chi connectivity index (χ3v) is 4.76. The highest BCUT2D eigenvalue weighted by atomic mass is 16.2. The van der Waals surface area contributed by atoms with Gasteiger partial charge in [0.15, 0.2) is 0 Å². The molecule has 5 heteroatoms. The summed E-state index contributed by atoms with van der Waals surface area (Å²) in [4.78, 5) is 26.4. The second-order valence-electron chi connectivity index (χ2n) is 6.93. The van der Waals surface area contributed by atoms with Crippen molar-refractivity contribution < 1.29 is 9.59 Å². The van der Waals surface area contributed by atoms with Crippen LogP contribution in [0.5, 0.6) is 0 Å². The van der Waals surface area contributed by atoms with E-state index in [1.54, 1.807) is 0 Å². The number of primary amides is 1. The molecule has 3 rings (SSSR count). The number of aromatic nitrogens is 1. The number of hydrogen-bond acceptors (Lipinski definition) is 2. The van der Waals surface area contributed by atoms with E-state index in [2.05, 4.69) is 48.4 Å². The number of nitrogens with one attached hydrogen (secondary N) is 2. The highest BCUT2D eigenvalue weighted by Crippen LogP contribution is 2.32. The minimum atomic E-state index is -0.376. The second kappa shape index (κ2) is 8.08. The monoisotopic (exact) mass is 363 g/mol. The molecule has 0 aliphatic carbocycles. The fourth-order valence-corrected chi connectivity index (χ4v) is 3.40. The Balaban J connectivity index is 1.83. The molecule has 1 heterocycles. The van der Waals surface area contributed by atoms with Crippen molar-refractivity contribution in [2.24, 2.45) is 5.73 Å². The lowest BCUT2D eigenvalue weighted by Crippen LogP contribution is -2.23. The van der Waals surface area contributed by atoms with E-state index in [0.29, 0.717) is 19.4 Å². The molecule has 2 amide bonds. The van der Waals surface area contributed by atoms with Gasteiger partial charge in [0.25, 0.3) is 0 Å². The van der Waals surface area contributed by atoms with Crippen LogP contribution in [0, 0.1) is 13.8 Å². The van der Waals surface area contributed by atoms with Gasteiger partial charge in [-0.25, -0.2) is 0 Å². The minimum absolute atomic E-state index is 0.0718. The quantitative estimate of drug-likeness (QED) is 0.597. The molecule has 2 aromatic carbocycles. The van der Waals surface area contributed by atoms with Gasteiger partial charge in [0.2, 0.25) is 11.8 Å². The van der Waals surface area contributed by atoms with Gasteiger partial charge in [0.1, 0.15) is 0 Å². The number of amides is 2. The molecular formula is C22H25N3O2. The number of hydrogen-bond donors (Lipinski definition) is 3. The maximum absolute atomic E-state index is 12.0. The van der Waals surface area contributed by atoms with Crippen LogP contribution in [-0.2, 0) is 16.1 Å². The van der Waals surface area contributed by atoms with Gasteiger partial charge >= 0.3 is 0 Å². The normalized spacial score (nSPS) is 10.9. The van der Waals surface area contributed by atoms with Crippen molar-refractivity contribution in [1.82, 2.24) is 10.3 Å². The predicted molar refractivity (Wildman–Crippen MR) is 108 cm³/mol. The summed E-state index contributed by atoms with van der Waals surface area (Å²) < 4.78 is 0. The van der Waals surface area contributed by atoms with Crippen molar-refractivity contribution in [1.29, 1.82) is 0 Å². The van der Waals surface area contributed by atoms with E-state index in [-0.39, 0.29) is 18.2 Å². The first kappa shape index (κ1) is 18.7. The molecule has 0 unspecified atom stereocenters. The summed E-state index contributed by atoms with van der Waals surface area (Å²) in [6.45, 7) is 4.63. The first-order chi connectivity index (χ1) is 13.0. The summed E-state index contributed by atoms with van der Waals surface area (Å²) in [7, 11) is 0. The molecule has 0 aliphatic rings. The molecule has 140 valence electrons. The summed E-state index contributed by atoms with van der Waals surface area (Å²) in [5.74, 6) is -0.448. The minimum Gasteiger partial charge on any atom is -0.370 e. The van der Waals surface area contributed by atoms with E-state index >= 15 is 0 Å². The fourth-order valence-electron chi connectivity index (χ4n) is 3.40. The average molecular weight is 363 g/mol. The van der Waals surface area contributed by atoms with Gasteiger partial charge in [0, 0.05) is 30.5 Å². The average Bonchev–Trinajstić information content (AvgIpc) is 2.97. The van der Waals surface area contributed by atoms with E-state index in [0.717, 1.165) is 27.9 Å². The van der Waals surface area contributed by atoms with Gasteiger partial charge in [-0.3, -0.25) is 9.59 Å². The molecule has 27 heavy (non-hydrogen) atoms. The molecule has 0 saturated heterocycles. The van der Waals surface area contributed by atoms with Crippen molar-refractivity contribution in [3.63, 3.8) is 0 Å². The first-order valence-electron chi connectivity index (χ1n) is 9.18. The van der Waals surface area contributed by atoms with Gasteiger partial charge < -0.3 is 16.0 Å². The summed E-state index contributed by atoms with van der Waals surface area (Å²) in [6, 6.07) is 14.5. The Labute approximate surface area is 159 Å². The molecule has 5 nitrogen and oxygen atoms in total. The number of rotatable bonds is 7. The molecule has 3 aromatic rings. The Hall–Kier alpha value is -3.08. The van der Waals surface area contributed by atoms with E-state index < -0.39 is 0 Å². The smallest absolute Gasteiger partial charge is 0.220 e. The van der Waals surface area contributed by atoms with Crippen molar-refractivity contribution >= 4 is 22.7 Å². The standard InChI is InChI=1S/C22H25N3O2/c1-14-11-17(13-24-20(27)10-6-9-19(23)26)22-18(12-14)15(2)21(25-22)16-7-4-3-5-8-16/h3-5,7-8,11-12,25H,6,9-10,13H2,1-2H3,(H2,23,26)(H,24,27). The molecule has 0 atom stereocenters. The number of carbonyl (C=O) groups is 2. The molecule has 4 N–H and O–H groups in total. The van der Waals surface area contributed by atoms with Crippen molar-refractivity contribution in [2.45, 2.75) is 39.7 Å². The van der Waals surface area contributed by atoms with Gasteiger partial charge in [-0.15, -0.1) is 0 Å². The summed E-state index contributed by atoms with van der Waals surface area (Å²) >= 11 is 0. The Morgan fingerprint density at radius 3 is 2.52 bits per heavy atom. The maximum atomic E-state index is 12.0. The zero-order chi connectivity index (χ0) is 19.4. The molecule has 0 spiro atoms. The SMILES string of the molecule is Cc1cc(CNC(=O)CCCC(N)=O)c2[nH]c(-c3ccccc3)c(C)c2c1. The predicted octanol–water partition coefficient (Wildman–Crippen LogP) is 3.72. The van der Waals surface area contributed by atoms with Gasteiger partial charge in [-0.05, 0) is 43.0 Å². The van der Waals surface area contributed by atoms with Crippen LogP contribution in [-0.4, -0.2) is 16.8 Å². The van der Waals surface area contributed by atoms with Crippen molar-refractivity contribution in [3.8, 4) is 11.3 Å². The van der Waals surface area contributed by atoms with Crippen molar-refractivity contribution in [3.05, 3.63) is 59.2 Å². The van der Waals surface area contributed by atoms with Crippen LogP contribution in [0.1, 0.15) is 36.0 Å². The third-order valence-electron chi connectivity index (χ3n) is 4.76. The van der Waals surface area contributed by atoms with E-state index in [1.165, 1.54) is 10.9 Å². The van der Waals surface area contributed by atoms with Gasteiger partial charge in [0.05, 0.1) is 5.52 Å². The number of carbonyl (C=O) groups excluding carboxylic acids is 2. The lowest BCUT2D eigenvalue weighted by molar-refractivity contribution is -0.121. The second-order valence-corrected chi connectivity index (χ2v) is 6.93. The van der Waals surface area contributed by atoms with Crippen LogP contribution in [0.4, 0.5) is 0 Å². The zero-order valence-electron chi connectivity index (χ0n) is 15.8. The number of benzene rings is 2. The van der Waals surface area contributed by atoms with Crippen LogP contribution in [0.3, 0.4) is 0 Å². The lowest BCUT2D eigenvalue weighted by Gasteiger charge is -2.08. The van der Waals surface area contributed by atoms with Crippen LogP contribution in [0.2, 0.25) is 0 Å². The Morgan fingerprint density at radius 2 is 1.81 bits per heavy atom. The van der Waals surface area contributed by atoms with Crippen LogP contribution < -0.4 is 11.1 Å². The molecule has 1 aromatic heterocycles. The van der Waals surface area contributed by atoms with Gasteiger partial charge in [-0.2, -0.15) is 0 Å². The van der Waals surface area contributed by atoms with E-state index in [4.69, 9.17) is 5.73 Å². The summed E-state index contributed by atoms with van der Waals surface area (Å²) in [6.07, 6.45) is 1.01. The fraction of sp³-hybridized carbons (Fsp3) is 0.273. The number of H-pyrrole nitrogens is 1. The lowest BCUT2D eigenvalue weighted by atomic mass is 10.0. The molecule has 0 saturated carbocycles. The van der Waals surface area contributed by atoms with Crippen molar-refractivity contribution in [2.75, 3.05) is 0 Å².